The Hall–Kier alpha value is -1.47. The van der Waals surface area contributed by atoms with Crippen molar-refractivity contribution >= 4 is 33.5 Å². The molecule has 1 fully saturated rings. The third kappa shape index (κ3) is 4.01. The fraction of sp³-hybridized carbons (Fsp3) is 0.385. The lowest BCUT2D eigenvalue weighted by Gasteiger charge is -2.37. The van der Waals surface area contributed by atoms with Crippen LogP contribution in [0.25, 0.3) is 0 Å². The van der Waals surface area contributed by atoms with E-state index in [0.717, 1.165) is 0 Å². The smallest absolute Gasteiger partial charge is 0.303 e. The quantitative estimate of drug-likeness (QED) is 0.856. The molecule has 0 aromatic heterocycles. The van der Waals surface area contributed by atoms with Crippen molar-refractivity contribution in [3.05, 3.63) is 28.5 Å². The predicted octanol–water partition coefficient (Wildman–Crippen LogP) is 1.93. The van der Waals surface area contributed by atoms with Crippen LogP contribution >= 0.6 is 15.9 Å². The number of hydrogen-bond acceptors (Lipinski definition) is 3. The average Bonchev–Trinajstić information content (AvgIpc) is 2.29. The molecule has 0 unspecified atom stereocenters. The highest BCUT2D eigenvalue weighted by Gasteiger charge is 2.29. The third-order valence-corrected chi connectivity index (χ3v) is 3.56. The fourth-order valence-corrected chi connectivity index (χ4v) is 2.50. The van der Waals surface area contributed by atoms with Gasteiger partial charge in [-0.3, -0.25) is 14.5 Å². The molecule has 0 atom stereocenters. The maximum Gasteiger partial charge on any atom is 0.303 e. The zero-order chi connectivity index (χ0) is 14.7. The lowest BCUT2D eigenvalue weighted by Crippen LogP contribution is -2.50. The van der Waals surface area contributed by atoms with E-state index < -0.39 is 11.8 Å². The average molecular weight is 345 g/mol. The van der Waals surface area contributed by atoms with Crippen molar-refractivity contribution < 1.29 is 19.1 Å². The Morgan fingerprint density at radius 3 is 2.75 bits per heavy atom. The Morgan fingerprint density at radius 1 is 1.45 bits per heavy atom. The van der Waals surface area contributed by atoms with E-state index in [1.165, 1.54) is 12.1 Å². The van der Waals surface area contributed by atoms with Crippen molar-refractivity contribution in [2.24, 2.45) is 5.92 Å². The van der Waals surface area contributed by atoms with Gasteiger partial charge in [-0.05, 0) is 24.1 Å². The van der Waals surface area contributed by atoms with Crippen molar-refractivity contribution in [1.82, 2.24) is 4.90 Å². The van der Waals surface area contributed by atoms with Crippen LogP contribution in [0.15, 0.2) is 22.7 Å². The van der Waals surface area contributed by atoms with Crippen LogP contribution in [0.1, 0.15) is 6.42 Å². The highest BCUT2D eigenvalue weighted by molar-refractivity contribution is 9.10. The number of carbonyl (C=O) groups is 2. The number of nitrogens with one attached hydrogen (secondary N) is 1. The van der Waals surface area contributed by atoms with Gasteiger partial charge in [0.15, 0.2) is 0 Å². The first kappa shape index (κ1) is 14.9. The van der Waals surface area contributed by atoms with E-state index in [2.05, 4.69) is 21.2 Å². The Bertz CT molecular complexity index is 532. The Kier molecular flexibility index (Phi) is 4.72. The predicted molar refractivity (Wildman–Crippen MR) is 74.9 cm³/mol. The van der Waals surface area contributed by atoms with Crippen LogP contribution in [0.2, 0.25) is 0 Å². The van der Waals surface area contributed by atoms with Gasteiger partial charge in [-0.1, -0.05) is 15.9 Å². The van der Waals surface area contributed by atoms with Gasteiger partial charge in [-0.2, -0.15) is 0 Å². The van der Waals surface area contributed by atoms with Gasteiger partial charge < -0.3 is 10.4 Å². The lowest BCUT2D eigenvalue weighted by molar-refractivity contribution is -0.139. The maximum atomic E-state index is 13.5. The number of nitrogens with zero attached hydrogens (tertiary/aromatic N) is 1. The van der Waals surface area contributed by atoms with Gasteiger partial charge in [-0.25, -0.2) is 4.39 Å². The molecule has 1 aromatic rings. The van der Waals surface area contributed by atoms with E-state index in [1.54, 1.807) is 6.07 Å². The number of anilines is 1. The summed E-state index contributed by atoms with van der Waals surface area (Å²) in [6.45, 7) is 1.32. The molecule has 0 bridgehead atoms. The van der Waals surface area contributed by atoms with E-state index in [4.69, 9.17) is 5.11 Å². The van der Waals surface area contributed by atoms with Crippen LogP contribution in [-0.2, 0) is 9.59 Å². The number of benzene rings is 1. The molecule has 5 nitrogen and oxygen atoms in total. The molecule has 1 saturated heterocycles. The minimum absolute atomic E-state index is 0.102. The molecule has 0 spiro atoms. The monoisotopic (exact) mass is 344 g/mol. The van der Waals surface area contributed by atoms with E-state index in [9.17, 15) is 14.0 Å². The molecular formula is C13H14BrFN2O3. The fourth-order valence-electron chi connectivity index (χ4n) is 2.17. The van der Waals surface area contributed by atoms with E-state index in [-0.39, 0.29) is 30.5 Å². The number of hydrogen-bond donors (Lipinski definition) is 2. The second kappa shape index (κ2) is 6.32. The zero-order valence-corrected chi connectivity index (χ0v) is 12.2. The van der Waals surface area contributed by atoms with Crippen LogP contribution in [0.3, 0.4) is 0 Å². The summed E-state index contributed by atoms with van der Waals surface area (Å²) in [5, 5.41) is 11.1. The number of rotatable bonds is 5. The minimum Gasteiger partial charge on any atom is -0.481 e. The van der Waals surface area contributed by atoms with Gasteiger partial charge in [0.2, 0.25) is 5.91 Å². The highest BCUT2D eigenvalue weighted by Crippen LogP contribution is 2.21. The SMILES string of the molecule is O=C(O)CC1CN(CC(=O)Nc2ccc(Br)cc2F)C1. The summed E-state index contributed by atoms with van der Waals surface area (Å²) < 4.78 is 14.1. The number of likely N-dealkylation sites (tertiary alicyclic amines) is 1. The van der Waals surface area contributed by atoms with Gasteiger partial charge in [0.25, 0.3) is 0 Å². The van der Waals surface area contributed by atoms with Gasteiger partial charge in [-0.15, -0.1) is 0 Å². The Morgan fingerprint density at radius 2 is 2.15 bits per heavy atom. The first-order valence-corrected chi connectivity index (χ1v) is 6.92. The first-order chi connectivity index (χ1) is 9.44. The number of carbonyl (C=O) groups excluding carboxylic acids is 1. The van der Waals surface area contributed by atoms with Crippen molar-refractivity contribution in [2.45, 2.75) is 6.42 Å². The van der Waals surface area contributed by atoms with Crippen LogP contribution in [0.4, 0.5) is 10.1 Å². The molecule has 0 saturated carbocycles. The molecule has 2 N–H and O–H groups in total. The minimum atomic E-state index is -0.823. The lowest BCUT2D eigenvalue weighted by atomic mass is 9.96. The molecular weight excluding hydrogens is 331 g/mol. The summed E-state index contributed by atoms with van der Waals surface area (Å²) in [5.41, 5.74) is 0.140. The largest absolute Gasteiger partial charge is 0.481 e. The standard InChI is InChI=1S/C13H14BrFN2O3/c14-9-1-2-11(10(15)4-9)16-12(18)7-17-5-8(6-17)3-13(19)20/h1-2,4,8H,3,5-7H2,(H,16,18)(H,19,20). The molecule has 2 rings (SSSR count). The summed E-state index contributed by atoms with van der Waals surface area (Å²) >= 11 is 3.14. The summed E-state index contributed by atoms with van der Waals surface area (Å²) in [5.74, 6) is -1.53. The Labute approximate surface area is 123 Å². The number of carboxylic acids is 1. The second-order valence-corrected chi connectivity index (χ2v) is 5.75. The van der Waals surface area contributed by atoms with Crippen molar-refractivity contribution in [3.8, 4) is 0 Å². The zero-order valence-electron chi connectivity index (χ0n) is 10.6. The summed E-state index contributed by atoms with van der Waals surface area (Å²) in [7, 11) is 0. The molecule has 1 aliphatic heterocycles. The van der Waals surface area contributed by atoms with Crippen LogP contribution < -0.4 is 5.32 Å². The molecule has 0 aliphatic carbocycles. The van der Waals surface area contributed by atoms with Gasteiger partial charge in [0.05, 0.1) is 18.7 Å². The molecule has 1 amide bonds. The van der Waals surface area contributed by atoms with E-state index >= 15 is 0 Å². The summed E-state index contributed by atoms with van der Waals surface area (Å²) in [6.07, 6.45) is 0.124. The van der Waals surface area contributed by atoms with Gasteiger partial charge in [0, 0.05) is 17.6 Å². The molecule has 1 aromatic carbocycles. The normalized spacial score (nSPS) is 15.7. The van der Waals surface area contributed by atoms with Crippen LogP contribution in [0, 0.1) is 11.7 Å². The topological polar surface area (TPSA) is 69.6 Å². The molecule has 20 heavy (non-hydrogen) atoms. The molecule has 108 valence electrons. The third-order valence-electron chi connectivity index (χ3n) is 3.07. The number of aliphatic carboxylic acids is 1. The summed E-state index contributed by atoms with van der Waals surface area (Å²) in [6, 6.07) is 4.41. The van der Waals surface area contributed by atoms with E-state index in [1.807, 2.05) is 4.90 Å². The first-order valence-electron chi connectivity index (χ1n) is 6.13. The molecule has 1 aliphatic rings. The molecule has 0 radical (unpaired) electrons. The molecule has 1 heterocycles. The van der Waals surface area contributed by atoms with Crippen molar-refractivity contribution in [3.63, 3.8) is 0 Å². The highest BCUT2D eigenvalue weighted by atomic mass is 79.9. The van der Waals surface area contributed by atoms with Crippen LogP contribution in [-0.4, -0.2) is 41.5 Å². The number of carboxylic acid groups (broad SMARTS) is 1. The van der Waals surface area contributed by atoms with E-state index in [0.29, 0.717) is 17.6 Å². The second-order valence-electron chi connectivity index (χ2n) is 4.83. The van der Waals surface area contributed by atoms with Crippen LogP contribution in [0.5, 0.6) is 0 Å². The maximum absolute atomic E-state index is 13.5. The van der Waals surface area contributed by atoms with Crippen molar-refractivity contribution in [2.75, 3.05) is 25.0 Å². The van der Waals surface area contributed by atoms with Gasteiger partial charge >= 0.3 is 5.97 Å². The number of halogens is 2. The summed E-state index contributed by atoms with van der Waals surface area (Å²) in [4.78, 5) is 24.1. The van der Waals surface area contributed by atoms with Gasteiger partial charge in [0.1, 0.15) is 5.82 Å². The van der Waals surface area contributed by atoms with Crippen molar-refractivity contribution in [1.29, 1.82) is 0 Å². The Balaban J connectivity index is 1.78. The molecule has 7 heteroatoms. The number of amides is 1.